The highest BCUT2D eigenvalue weighted by molar-refractivity contribution is 6.17. The quantitative estimate of drug-likeness (QED) is 0.810. The number of benzene rings is 1. The van der Waals surface area contributed by atoms with Gasteiger partial charge in [0.1, 0.15) is 5.75 Å². The van der Waals surface area contributed by atoms with E-state index in [0.29, 0.717) is 0 Å². The molecule has 0 unspecified atom stereocenters. The summed E-state index contributed by atoms with van der Waals surface area (Å²) in [6, 6.07) is 4.31. The molecule has 0 spiro atoms. The van der Waals surface area contributed by atoms with Crippen LogP contribution in [0, 0.1) is 6.92 Å². The molecule has 97 valence electrons. The molecule has 0 amide bonds. The summed E-state index contributed by atoms with van der Waals surface area (Å²) in [5.74, 6) is 0.752. The highest BCUT2D eigenvalue weighted by atomic mass is 16.5. The lowest BCUT2D eigenvalue weighted by Gasteiger charge is -2.42. The van der Waals surface area contributed by atoms with E-state index >= 15 is 0 Å². The van der Waals surface area contributed by atoms with Gasteiger partial charge in [-0.25, -0.2) is 0 Å². The first-order chi connectivity index (χ1) is 8.28. The maximum atomic E-state index is 8.83. The molecule has 0 atom stereocenters. The first kappa shape index (κ1) is 13.5. The average Bonchev–Trinajstić information content (AvgIpc) is 2.27. The van der Waals surface area contributed by atoms with E-state index in [2.05, 4.69) is 39.8 Å². The van der Waals surface area contributed by atoms with E-state index in [1.807, 2.05) is 6.92 Å². The van der Waals surface area contributed by atoms with Gasteiger partial charge in [0.15, 0.2) is 0 Å². The lowest BCUT2D eigenvalue weighted by Crippen LogP contribution is -2.34. The Morgan fingerprint density at radius 3 is 2.06 bits per heavy atom. The van der Waals surface area contributed by atoms with E-state index in [1.54, 1.807) is 0 Å². The number of rotatable bonds is 2. The van der Waals surface area contributed by atoms with E-state index in [9.17, 15) is 0 Å². The zero-order chi connectivity index (χ0) is 13.6. The van der Waals surface area contributed by atoms with Gasteiger partial charge in [-0.3, -0.25) is 0 Å². The molecule has 0 saturated carbocycles. The van der Waals surface area contributed by atoms with Crippen LogP contribution in [0.15, 0.2) is 12.1 Å². The normalized spacial score (nSPS) is 20.1. The predicted molar refractivity (Wildman–Crippen MR) is 75.1 cm³/mol. The van der Waals surface area contributed by atoms with Gasteiger partial charge in [-0.2, -0.15) is 0 Å². The Hall–Kier alpha value is -0.955. The van der Waals surface area contributed by atoms with Gasteiger partial charge in [-0.1, -0.05) is 33.8 Å². The van der Waals surface area contributed by atoms with Crippen molar-refractivity contribution in [3.05, 3.63) is 28.8 Å². The molecule has 0 aliphatic heterocycles. The third-order valence-electron chi connectivity index (χ3n) is 4.33. The molecule has 1 aromatic carbocycles. The zero-order valence-electron chi connectivity index (χ0n) is 12.0. The van der Waals surface area contributed by atoms with E-state index in [4.69, 9.17) is 9.68 Å². The number of fused-ring (bicyclic) bond motifs is 1. The van der Waals surface area contributed by atoms with Crippen molar-refractivity contribution in [2.45, 2.75) is 58.3 Å². The maximum absolute atomic E-state index is 8.83. The predicted octanol–water partition coefficient (Wildman–Crippen LogP) is 3.25. The van der Waals surface area contributed by atoms with Gasteiger partial charge in [0.25, 0.3) is 0 Å². The SMILES string of the molecule is Cc1cc2c(cc1O[B]O)C(C)(C)CCC2(C)C. The summed E-state index contributed by atoms with van der Waals surface area (Å²) in [6.45, 7) is 11.2. The van der Waals surface area contributed by atoms with Gasteiger partial charge in [0.05, 0.1) is 0 Å². The van der Waals surface area contributed by atoms with Gasteiger partial charge in [0, 0.05) is 0 Å². The molecular weight excluding hydrogens is 223 g/mol. The molecule has 3 heteroatoms. The van der Waals surface area contributed by atoms with Crippen LogP contribution in [0.25, 0.3) is 0 Å². The van der Waals surface area contributed by atoms with Crippen molar-refractivity contribution in [1.29, 1.82) is 0 Å². The van der Waals surface area contributed by atoms with E-state index in [1.165, 1.54) is 24.0 Å². The second-order valence-corrected chi connectivity index (χ2v) is 6.65. The first-order valence-electron chi connectivity index (χ1n) is 6.56. The summed E-state index contributed by atoms with van der Waals surface area (Å²) < 4.78 is 5.19. The molecule has 0 bridgehead atoms. The number of hydrogen-bond donors (Lipinski definition) is 1. The van der Waals surface area contributed by atoms with Gasteiger partial charge < -0.3 is 9.68 Å². The van der Waals surface area contributed by atoms with Crippen LogP contribution in [0.3, 0.4) is 0 Å². The molecule has 0 fully saturated rings. The Balaban J connectivity index is 2.61. The van der Waals surface area contributed by atoms with Crippen LogP contribution in [-0.2, 0) is 10.8 Å². The average molecular weight is 245 g/mol. The summed E-state index contributed by atoms with van der Waals surface area (Å²) in [4.78, 5) is 0. The van der Waals surface area contributed by atoms with Gasteiger partial charge in [-0.05, 0) is 53.4 Å². The van der Waals surface area contributed by atoms with Crippen molar-refractivity contribution >= 4 is 7.69 Å². The largest absolute Gasteiger partial charge is 0.569 e. The third kappa shape index (κ3) is 2.16. The fourth-order valence-electron chi connectivity index (χ4n) is 2.89. The molecule has 18 heavy (non-hydrogen) atoms. The van der Waals surface area contributed by atoms with Crippen LogP contribution in [0.4, 0.5) is 0 Å². The lowest BCUT2D eigenvalue weighted by molar-refractivity contribution is 0.330. The Labute approximate surface area is 111 Å². The minimum absolute atomic E-state index is 0.173. The van der Waals surface area contributed by atoms with Gasteiger partial charge in [-0.15, -0.1) is 0 Å². The van der Waals surface area contributed by atoms with Crippen LogP contribution < -0.4 is 4.65 Å². The topological polar surface area (TPSA) is 29.5 Å². The van der Waals surface area contributed by atoms with Crippen molar-refractivity contribution in [3.63, 3.8) is 0 Å². The minimum atomic E-state index is 0.173. The van der Waals surface area contributed by atoms with E-state index < -0.39 is 0 Å². The second-order valence-electron chi connectivity index (χ2n) is 6.65. The molecule has 1 aliphatic carbocycles. The van der Waals surface area contributed by atoms with Gasteiger partial charge in [0.2, 0.25) is 0 Å². The van der Waals surface area contributed by atoms with Crippen molar-refractivity contribution in [2.75, 3.05) is 0 Å². The molecule has 0 aromatic heterocycles. The standard InChI is InChI=1S/C15H22BO2/c1-10-8-11-12(9-13(10)18-16-17)15(4,5)7-6-14(11,2)3/h8-9,17H,6-7H2,1-5H3. The summed E-state index contributed by atoms with van der Waals surface area (Å²) in [5.41, 5.74) is 4.23. The number of aryl methyl sites for hydroxylation is 1. The summed E-state index contributed by atoms with van der Waals surface area (Å²) >= 11 is 0. The fourth-order valence-corrected chi connectivity index (χ4v) is 2.89. The van der Waals surface area contributed by atoms with Crippen LogP contribution in [-0.4, -0.2) is 12.7 Å². The van der Waals surface area contributed by atoms with E-state index in [0.717, 1.165) is 19.0 Å². The summed E-state index contributed by atoms with van der Waals surface area (Å²) in [5, 5.41) is 8.83. The van der Waals surface area contributed by atoms with Crippen molar-refractivity contribution in [3.8, 4) is 5.75 Å². The minimum Gasteiger partial charge on any atom is -0.537 e. The smallest absolute Gasteiger partial charge is 0.537 e. The molecule has 1 N–H and O–H groups in total. The molecule has 0 saturated heterocycles. The molecule has 0 heterocycles. The molecule has 2 rings (SSSR count). The third-order valence-corrected chi connectivity index (χ3v) is 4.33. The molecular formula is C15H22BO2. The molecule has 1 aliphatic rings. The van der Waals surface area contributed by atoms with Crippen molar-refractivity contribution in [1.82, 2.24) is 0 Å². The van der Waals surface area contributed by atoms with Crippen LogP contribution in [0.1, 0.15) is 57.2 Å². The molecule has 2 nitrogen and oxygen atoms in total. The van der Waals surface area contributed by atoms with Crippen molar-refractivity contribution in [2.24, 2.45) is 0 Å². The van der Waals surface area contributed by atoms with Crippen LogP contribution in [0.2, 0.25) is 0 Å². The van der Waals surface area contributed by atoms with E-state index in [-0.39, 0.29) is 10.8 Å². The zero-order valence-corrected chi connectivity index (χ0v) is 12.0. The highest BCUT2D eigenvalue weighted by Gasteiger charge is 2.37. The lowest BCUT2D eigenvalue weighted by atomic mass is 9.63. The summed E-state index contributed by atoms with van der Waals surface area (Å²) in [6.07, 6.45) is 2.39. The Morgan fingerprint density at radius 2 is 1.56 bits per heavy atom. The summed E-state index contributed by atoms with van der Waals surface area (Å²) in [7, 11) is 0.760. The van der Waals surface area contributed by atoms with Crippen LogP contribution in [0.5, 0.6) is 5.75 Å². The number of hydrogen-bond acceptors (Lipinski definition) is 2. The van der Waals surface area contributed by atoms with Gasteiger partial charge >= 0.3 is 7.69 Å². The first-order valence-corrected chi connectivity index (χ1v) is 6.56. The Kier molecular flexibility index (Phi) is 3.22. The monoisotopic (exact) mass is 245 g/mol. The molecule has 1 radical (unpaired) electrons. The van der Waals surface area contributed by atoms with Crippen molar-refractivity contribution < 1.29 is 9.68 Å². The Morgan fingerprint density at radius 1 is 1.06 bits per heavy atom. The fraction of sp³-hybridized carbons (Fsp3) is 0.600. The maximum Gasteiger partial charge on any atom is 0.569 e. The molecule has 1 aromatic rings. The second kappa shape index (κ2) is 4.31. The van der Waals surface area contributed by atoms with Crippen LogP contribution >= 0.6 is 0 Å². The highest BCUT2D eigenvalue weighted by Crippen LogP contribution is 2.47. The Bertz CT molecular complexity index is 464.